The molecular weight excluding hydrogens is 310 g/mol. The van der Waals surface area contributed by atoms with Crippen molar-refractivity contribution in [1.82, 2.24) is 14.8 Å². The zero-order valence-corrected chi connectivity index (χ0v) is 14.8. The van der Waals surface area contributed by atoms with Crippen LogP contribution in [-0.4, -0.2) is 41.0 Å². The lowest BCUT2D eigenvalue weighted by atomic mass is 10.0. The van der Waals surface area contributed by atoms with Gasteiger partial charge < -0.3 is 9.32 Å². The van der Waals surface area contributed by atoms with Crippen LogP contribution < -0.4 is 0 Å². The molecule has 0 aliphatic carbocycles. The van der Waals surface area contributed by atoms with Gasteiger partial charge in [0.1, 0.15) is 11.3 Å². The van der Waals surface area contributed by atoms with Crippen molar-refractivity contribution >= 4 is 11.0 Å². The third kappa shape index (κ3) is 3.91. The van der Waals surface area contributed by atoms with Crippen LogP contribution in [-0.2, 0) is 13.1 Å². The number of hydrogen-bond donors (Lipinski definition) is 0. The highest BCUT2D eigenvalue weighted by atomic mass is 16.3. The molecule has 0 N–H and O–H groups in total. The van der Waals surface area contributed by atoms with Crippen LogP contribution >= 0.6 is 0 Å². The Kier molecular flexibility index (Phi) is 4.81. The van der Waals surface area contributed by atoms with Gasteiger partial charge in [0.05, 0.1) is 6.54 Å². The quantitative estimate of drug-likeness (QED) is 0.707. The Morgan fingerprint density at radius 1 is 1.08 bits per heavy atom. The molecule has 1 aromatic carbocycles. The van der Waals surface area contributed by atoms with Crippen molar-refractivity contribution < 1.29 is 4.42 Å². The first-order chi connectivity index (χ1) is 12.3. The van der Waals surface area contributed by atoms with E-state index < -0.39 is 0 Å². The Bertz CT molecular complexity index is 773. The normalized spacial score (nSPS) is 16.7. The molecule has 0 radical (unpaired) electrons. The molecule has 2 aromatic heterocycles. The van der Waals surface area contributed by atoms with Crippen molar-refractivity contribution in [2.24, 2.45) is 0 Å². The SMILES string of the molecule is CN1CCC(N(Cc2ccncc2)Cc2cc3ccccc3o2)CC1. The fourth-order valence-electron chi connectivity index (χ4n) is 3.71. The number of rotatable bonds is 5. The van der Waals surface area contributed by atoms with Crippen LogP contribution in [0.1, 0.15) is 24.2 Å². The van der Waals surface area contributed by atoms with Crippen molar-refractivity contribution in [3.05, 3.63) is 66.2 Å². The minimum atomic E-state index is 0.595. The number of benzene rings is 1. The van der Waals surface area contributed by atoms with Gasteiger partial charge in [-0.3, -0.25) is 9.88 Å². The number of fused-ring (bicyclic) bond motifs is 1. The van der Waals surface area contributed by atoms with Crippen LogP contribution in [0.5, 0.6) is 0 Å². The largest absolute Gasteiger partial charge is 0.460 e. The molecule has 25 heavy (non-hydrogen) atoms. The first-order valence-electron chi connectivity index (χ1n) is 9.07. The summed E-state index contributed by atoms with van der Waals surface area (Å²) in [7, 11) is 2.21. The molecule has 0 bridgehead atoms. The summed E-state index contributed by atoms with van der Waals surface area (Å²) in [6, 6.07) is 15.3. The second-order valence-electron chi connectivity index (χ2n) is 7.05. The second-order valence-corrected chi connectivity index (χ2v) is 7.05. The summed E-state index contributed by atoms with van der Waals surface area (Å²) in [6.45, 7) is 4.12. The molecule has 0 unspecified atom stereocenters. The molecule has 1 aliphatic heterocycles. The van der Waals surface area contributed by atoms with Crippen LogP contribution in [0.4, 0.5) is 0 Å². The molecule has 1 saturated heterocycles. The van der Waals surface area contributed by atoms with E-state index in [1.807, 2.05) is 24.5 Å². The highest BCUT2D eigenvalue weighted by molar-refractivity contribution is 5.77. The summed E-state index contributed by atoms with van der Waals surface area (Å²) < 4.78 is 6.08. The van der Waals surface area contributed by atoms with E-state index in [1.54, 1.807) is 0 Å². The molecule has 1 fully saturated rings. The first kappa shape index (κ1) is 16.3. The fourth-order valence-corrected chi connectivity index (χ4v) is 3.71. The number of piperidine rings is 1. The predicted molar refractivity (Wildman–Crippen MR) is 100 cm³/mol. The van der Waals surface area contributed by atoms with Crippen LogP contribution in [0.3, 0.4) is 0 Å². The van der Waals surface area contributed by atoms with E-state index in [1.165, 1.54) is 23.8 Å². The molecule has 0 atom stereocenters. The molecule has 0 spiro atoms. The van der Waals surface area contributed by atoms with Crippen molar-refractivity contribution in [2.45, 2.75) is 32.0 Å². The van der Waals surface area contributed by atoms with E-state index in [2.05, 4.69) is 52.2 Å². The summed E-state index contributed by atoms with van der Waals surface area (Å²) in [4.78, 5) is 9.13. The maximum absolute atomic E-state index is 6.08. The molecule has 130 valence electrons. The summed E-state index contributed by atoms with van der Waals surface area (Å²) in [5.74, 6) is 1.05. The summed E-state index contributed by atoms with van der Waals surface area (Å²) in [6.07, 6.45) is 6.18. The Labute approximate surface area is 149 Å². The predicted octanol–water partition coefficient (Wildman–Crippen LogP) is 3.92. The van der Waals surface area contributed by atoms with Gasteiger partial charge in [-0.15, -0.1) is 0 Å². The molecule has 3 aromatic rings. The van der Waals surface area contributed by atoms with Gasteiger partial charge >= 0.3 is 0 Å². The van der Waals surface area contributed by atoms with E-state index in [-0.39, 0.29) is 0 Å². The smallest absolute Gasteiger partial charge is 0.134 e. The number of pyridine rings is 1. The van der Waals surface area contributed by atoms with E-state index >= 15 is 0 Å². The Morgan fingerprint density at radius 2 is 1.84 bits per heavy atom. The second kappa shape index (κ2) is 7.38. The first-order valence-corrected chi connectivity index (χ1v) is 9.07. The number of aromatic nitrogens is 1. The van der Waals surface area contributed by atoms with Gasteiger partial charge in [-0.25, -0.2) is 0 Å². The summed E-state index contributed by atoms with van der Waals surface area (Å²) >= 11 is 0. The topological polar surface area (TPSA) is 32.5 Å². The monoisotopic (exact) mass is 335 g/mol. The zero-order valence-electron chi connectivity index (χ0n) is 14.8. The van der Waals surface area contributed by atoms with Crippen LogP contribution in [0, 0.1) is 0 Å². The number of para-hydroxylation sites is 1. The van der Waals surface area contributed by atoms with Gasteiger partial charge in [0.25, 0.3) is 0 Å². The average Bonchev–Trinajstić information content (AvgIpc) is 3.05. The van der Waals surface area contributed by atoms with Gasteiger partial charge in [0.15, 0.2) is 0 Å². The maximum Gasteiger partial charge on any atom is 0.134 e. The van der Waals surface area contributed by atoms with E-state index in [4.69, 9.17) is 4.42 Å². The lowest BCUT2D eigenvalue weighted by molar-refractivity contribution is 0.102. The molecule has 0 amide bonds. The molecule has 1 aliphatic rings. The van der Waals surface area contributed by atoms with Crippen LogP contribution in [0.2, 0.25) is 0 Å². The average molecular weight is 335 g/mol. The lowest BCUT2D eigenvalue weighted by Crippen LogP contribution is -2.43. The minimum Gasteiger partial charge on any atom is -0.460 e. The molecule has 4 nitrogen and oxygen atoms in total. The van der Waals surface area contributed by atoms with Crippen LogP contribution in [0.15, 0.2) is 59.3 Å². The molecule has 4 rings (SSSR count). The van der Waals surface area contributed by atoms with Gasteiger partial charge in [-0.05, 0) is 62.8 Å². The molecule has 4 heteroatoms. The van der Waals surface area contributed by atoms with Crippen LogP contribution in [0.25, 0.3) is 11.0 Å². The van der Waals surface area contributed by atoms with Crippen molar-refractivity contribution in [3.8, 4) is 0 Å². The highest BCUT2D eigenvalue weighted by Crippen LogP contribution is 2.24. The number of furan rings is 1. The molecule has 3 heterocycles. The Hall–Kier alpha value is -2.17. The fraction of sp³-hybridized carbons (Fsp3) is 0.381. The number of nitrogens with zero attached hydrogens (tertiary/aromatic N) is 3. The summed E-state index contributed by atoms with van der Waals surface area (Å²) in [5.41, 5.74) is 2.29. The summed E-state index contributed by atoms with van der Waals surface area (Å²) in [5, 5.41) is 1.18. The molecular formula is C21H25N3O. The van der Waals surface area contributed by atoms with Crippen molar-refractivity contribution in [2.75, 3.05) is 20.1 Å². The Morgan fingerprint density at radius 3 is 2.60 bits per heavy atom. The van der Waals surface area contributed by atoms with Gasteiger partial charge in [0.2, 0.25) is 0 Å². The van der Waals surface area contributed by atoms with Crippen molar-refractivity contribution in [3.63, 3.8) is 0 Å². The van der Waals surface area contributed by atoms with E-state index in [0.29, 0.717) is 6.04 Å². The number of likely N-dealkylation sites (tertiary alicyclic amines) is 1. The standard InChI is InChI=1S/C21H25N3O/c1-23-12-8-19(9-13-23)24(15-17-6-10-22-11-7-17)16-20-14-18-4-2-3-5-21(18)25-20/h2-7,10-11,14,19H,8-9,12-13,15-16H2,1H3. The third-order valence-corrected chi connectivity index (χ3v) is 5.17. The molecule has 0 saturated carbocycles. The van der Waals surface area contributed by atoms with E-state index in [0.717, 1.165) is 37.5 Å². The minimum absolute atomic E-state index is 0.595. The highest BCUT2D eigenvalue weighted by Gasteiger charge is 2.24. The lowest BCUT2D eigenvalue weighted by Gasteiger charge is -2.37. The van der Waals surface area contributed by atoms with Crippen molar-refractivity contribution in [1.29, 1.82) is 0 Å². The van der Waals surface area contributed by atoms with Gasteiger partial charge in [-0.1, -0.05) is 18.2 Å². The number of hydrogen-bond acceptors (Lipinski definition) is 4. The van der Waals surface area contributed by atoms with E-state index in [9.17, 15) is 0 Å². The maximum atomic E-state index is 6.08. The van der Waals surface area contributed by atoms with Gasteiger partial charge in [-0.2, -0.15) is 0 Å². The Balaban J connectivity index is 1.55. The van der Waals surface area contributed by atoms with Gasteiger partial charge in [0, 0.05) is 30.4 Å². The zero-order chi connectivity index (χ0) is 17.1. The third-order valence-electron chi connectivity index (χ3n) is 5.17.